The van der Waals surface area contributed by atoms with E-state index in [9.17, 15) is 33.6 Å². The Morgan fingerprint density at radius 2 is 1.58 bits per heavy atom. The van der Waals surface area contributed by atoms with Crippen LogP contribution in [0.3, 0.4) is 0 Å². The van der Waals surface area contributed by atoms with Crippen molar-refractivity contribution in [2.45, 2.75) is 46.4 Å². The van der Waals surface area contributed by atoms with Crippen molar-refractivity contribution in [3.8, 4) is 0 Å². The SMILES string of the molecule is COC(=O)CN(CCNC(=O)CN(CCNC(=O)OC(C)(C)C)C(=O)Cn1cc(C)c(=O)[nH]c1=O)C(=O)OCc1ccccc1. The lowest BCUT2D eigenvalue weighted by atomic mass is 10.2. The van der Waals surface area contributed by atoms with Crippen molar-refractivity contribution in [2.75, 3.05) is 46.4 Å². The molecule has 45 heavy (non-hydrogen) atoms. The Balaban J connectivity index is 2.04. The highest BCUT2D eigenvalue weighted by molar-refractivity contribution is 5.85. The molecule has 0 aliphatic rings. The van der Waals surface area contributed by atoms with Gasteiger partial charge in [0.1, 0.15) is 25.3 Å². The number of rotatable bonds is 14. The number of aromatic amines is 1. The lowest BCUT2D eigenvalue weighted by molar-refractivity contribution is -0.141. The highest BCUT2D eigenvalue weighted by Crippen LogP contribution is 2.06. The second kappa shape index (κ2) is 17.2. The molecular formula is C29H40N6O10. The third-order valence-corrected chi connectivity index (χ3v) is 5.95. The van der Waals surface area contributed by atoms with E-state index in [0.717, 1.165) is 19.9 Å². The van der Waals surface area contributed by atoms with Crippen LogP contribution < -0.4 is 21.9 Å². The molecule has 1 heterocycles. The minimum atomic E-state index is -0.805. The first-order valence-electron chi connectivity index (χ1n) is 14.0. The van der Waals surface area contributed by atoms with Gasteiger partial charge < -0.3 is 29.7 Å². The van der Waals surface area contributed by atoms with E-state index in [1.807, 2.05) is 6.07 Å². The van der Waals surface area contributed by atoms with Crippen molar-refractivity contribution in [1.29, 1.82) is 0 Å². The maximum atomic E-state index is 13.1. The van der Waals surface area contributed by atoms with Gasteiger partial charge >= 0.3 is 23.8 Å². The topological polar surface area (TPSA) is 198 Å². The fraction of sp³-hybridized carbons (Fsp3) is 0.483. The van der Waals surface area contributed by atoms with Crippen LogP contribution in [0.4, 0.5) is 9.59 Å². The maximum absolute atomic E-state index is 13.1. The second-order valence-corrected chi connectivity index (χ2v) is 10.8. The van der Waals surface area contributed by atoms with Crippen LogP contribution in [0.25, 0.3) is 0 Å². The zero-order valence-electron chi connectivity index (χ0n) is 26.0. The average molecular weight is 633 g/mol. The summed E-state index contributed by atoms with van der Waals surface area (Å²) in [5.74, 6) is -1.97. The summed E-state index contributed by atoms with van der Waals surface area (Å²) in [6.07, 6.45) is -0.301. The highest BCUT2D eigenvalue weighted by atomic mass is 16.6. The molecule has 2 aromatic rings. The number of hydrogen-bond acceptors (Lipinski definition) is 10. The Hall–Kier alpha value is -5.15. The molecule has 3 N–H and O–H groups in total. The number of nitrogens with one attached hydrogen (secondary N) is 3. The van der Waals surface area contributed by atoms with Gasteiger partial charge in [-0.1, -0.05) is 30.3 Å². The fourth-order valence-electron chi connectivity index (χ4n) is 3.71. The quantitative estimate of drug-likeness (QED) is 0.190. The molecular weight excluding hydrogens is 592 g/mol. The minimum absolute atomic E-state index is 0.0317. The Morgan fingerprint density at radius 1 is 0.933 bits per heavy atom. The molecule has 16 heteroatoms. The number of aromatic nitrogens is 2. The predicted molar refractivity (Wildman–Crippen MR) is 160 cm³/mol. The van der Waals surface area contributed by atoms with Gasteiger partial charge in [0.25, 0.3) is 5.56 Å². The van der Waals surface area contributed by atoms with Crippen LogP contribution in [0, 0.1) is 6.92 Å². The second-order valence-electron chi connectivity index (χ2n) is 10.8. The summed E-state index contributed by atoms with van der Waals surface area (Å²) >= 11 is 0. The molecule has 2 rings (SSSR count). The van der Waals surface area contributed by atoms with E-state index >= 15 is 0 Å². The summed E-state index contributed by atoms with van der Waals surface area (Å²) in [7, 11) is 1.17. The number of aryl methyl sites for hydroxylation is 1. The van der Waals surface area contributed by atoms with Crippen molar-refractivity contribution in [3.63, 3.8) is 0 Å². The number of hydrogen-bond donors (Lipinski definition) is 3. The molecule has 0 radical (unpaired) electrons. The van der Waals surface area contributed by atoms with Crippen LogP contribution in [0.1, 0.15) is 31.9 Å². The summed E-state index contributed by atoms with van der Waals surface area (Å²) < 4.78 is 16.1. The maximum Gasteiger partial charge on any atom is 0.410 e. The zero-order chi connectivity index (χ0) is 33.6. The molecule has 0 spiro atoms. The summed E-state index contributed by atoms with van der Waals surface area (Å²) in [5.41, 5.74) is -1.20. The van der Waals surface area contributed by atoms with E-state index in [0.29, 0.717) is 0 Å². The number of H-pyrrole nitrogens is 1. The number of methoxy groups -OCH3 is 1. The molecule has 0 aliphatic carbocycles. The molecule has 1 aromatic heterocycles. The number of carbonyl (C=O) groups is 5. The predicted octanol–water partition coefficient (Wildman–Crippen LogP) is 0.126. The minimum Gasteiger partial charge on any atom is -0.468 e. The van der Waals surface area contributed by atoms with E-state index in [1.165, 1.54) is 20.2 Å². The molecule has 0 saturated heterocycles. The van der Waals surface area contributed by atoms with Crippen molar-refractivity contribution in [1.82, 2.24) is 30.0 Å². The van der Waals surface area contributed by atoms with Gasteiger partial charge in [0.2, 0.25) is 11.8 Å². The monoisotopic (exact) mass is 632 g/mol. The van der Waals surface area contributed by atoms with Crippen LogP contribution in [0.5, 0.6) is 0 Å². The number of carbonyl (C=O) groups excluding carboxylic acids is 5. The first-order chi connectivity index (χ1) is 21.2. The molecule has 16 nitrogen and oxygen atoms in total. The number of benzene rings is 1. The number of alkyl carbamates (subject to hydrolysis) is 1. The Labute approximate surface area is 259 Å². The zero-order valence-corrected chi connectivity index (χ0v) is 26.0. The van der Waals surface area contributed by atoms with Crippen molar-refractivity contribution >= 4 is 30.0 Å². The van der Waals surface area contributed by atoms with Gasteiger partial charge in [-0.15, -0.1) is 0 Å². The first-order valence-corrected chi connectivity index (χ1v) is 14.0. The summed E-state index contributed by atoms with van der Waals surface area (Å²) in [6, 6.07) is 8.92. The molecule has 0 aliphatic heterocycles. The van der Waals surface area contributed by atoms with E-state index < -0.39 is 66.5 Å². The molecule has 4 amide bonds. The van der Waals surface area contributed by atoms with Gasteiger partial charge in [-0.25, -0.2) is 14.4 Å². The van der Waals surface area contributed by atoms with Gasteiger partial charge in [0.15, 0.2) is 0 Å². The van der Waals surface area contributed by atoms with Crippen molar-refractivity contribution in [3.05, 3.63) is 68.5 Å². The average Bonchev–Trinajstić information content (AvgIpc) is 2.97. The van der Waals surface area contributed by atoms with Crippen LogP contribution >= 0.6 is 0 Å². The highest BCUT2D eigenvalue weighted by Gasteiger charge is 2.22. The van der Waals surface area contributed by atoms with Crippen LogP contribution in [-0.2, 0) is 41.7 Å². The normalized spacial score (nSPS) is 10.8. The molecule has 0 bridgehead atoms. The number of nitrogens with zero attached hydrogens (tertiary/aromatic N) is 3. The van der Waals surface area contributed by atoms with Crippen LogP contribution in [-0.4, -0.2) is 101 Å². The number of esters is 1. The molecule has 0 saturated carbocycles. The van der Waals surface area contributed by atoms with Crippen LogP contribution in [0.15, 0.2) is 46.1 Å². The van der Waals surface area contributed by atoms with Gasteiger partial charge in [-0.05, 0) is 33.3 Å². The summed E-state index contributed by atoms with van der Waals surface area (Å²) in [6.45, 7) is 4.69. The van der Waals surface area contributed by atoms with Crippen molar-refractivity contribution < 1.29 is 38.2 Å². The first kappa shape index (κ1) is 36.0. The Bertz CT molecular complexity index is 1450. The fourth-order valence-corrected chi connectivity index (χ4v) is 3.71. The molecule has 246 valence electrons. The third-order valence-electron chi connectivity index (χ3n) is 5.95. The van der Waals surface area contributed by atoms with Gasteiger partial charge in [0.05, 0.1) is 13.7 Å². The molecule has 0 atom stereocenters. The van der Waals surface area contributed by atoms with E-state index in [-0.39, 0.29) is 38.3 Å². The largest absolute Gasteiger partial charge is 0.468 e. The lowest BCUT2D eigenvalue weighted by Crippen LogP contribution is -2.48. The smallest absolute Gasteiger partial charge is 0.410 e. The Morgan fingerprint density at radius 3 is 2.22 bits per heavy atom. The molecule has 0 unspecified atom stereocenters. The van der Waals surface area contributed by atoms with Gasteiger partial charge in [-0.2, -0.15) is 0 Å². The van der Waals surface area contributed by atoms with E-state index in [2.05, 4.69) is 20.4 Å². The van der Waals surface area contributed by atoms with E-state index in [4.69, 9.17) is 9.47 Å². The number of amides is 4. The summed E-state index contributed by atoms with van der Waals surface area (Å²) in [5, 5.41) is 5.08. The molecule has 0 fully saturated rings. The lowest BCUT2D eigenvalue weighted by Gasteiger charge is -2.24. The summed E-state index contributed by atoms with van der Waals surface area (Å²) in [4.78, 5) is 90.8. The molecule has 1 aromatic carbocycles. The van der Waals surface area contributed by atoms with Crippen LogP contribution in [0.2, 0.25) is 0 Å². The standard InChI is InChI=1S/C29H40N6O10/c1-20-15-35(26(40)32-25(20)39)17-23(37)33(13-12-31-27(41)45-29(2,3)4)16-22(36)30-11-14-34(18-24(38)43-5)28(42)44-19-21-9-7-6-8-10-21/h6-10,15H,11-14,16-19H2,1-5H3,(H,30,36)(H,31,41)(H,32,39,40). The Kier molecular flexibility index (Phi) is 13.8. The van der Waals surface area contributed by atoms with E-state index in [1.54, 1.807) is 45.0 Å². The van der Waals surface area contributed by atoms with Gasteiger partial charge in [0, 0.05) is 37.9 Å². The van der Waals surface area contributed by atoms with Crippen molar-refractivity contribution in [2.24, 2.45) is 0 Å². The van der Waals surface area contributed by atoms with Gasteiger partial charge in [-0.3, -0.25) is 33.6 Å². The number of ether oxygens (including phenoxy) is 3. The third kappa shape index (κ3) is 13.4.